The molecular formula is C27H40N4O5S. The zero-order chi connectivity index (χ0) is 26.5. The number of carbonyl (C=O) groups excluding carboxylic acids is 2. The van der Waals surface area contributed by atoms with Crippen LogP contribution in [-0.2, 0) is 20.2 Å². The third kappa shape index (κ3) is 4.70. The van der Waals surface area contributed by atoms with Gasteiger partial charge in [0.05, 0.1) is 23.7 Å². The lowest BCUT2D eigenvalue weighted by Crippen LogP contribution is -2.60. The standard InChI is InChI=1S/C27H40N4O5S/c1-28(2)26(22-7-4-3-5-8-22)11-13-27(14-12-26)23(32)30(16-15-29-17-19-37(35,36)20-18-29)24(33)31(27)21-25(34)9-6-10-25/h3-5,7-8,34H,6,9-21H2,1-2H3. The van der Waals surface area contributed by atoms with E-state index in [4.69, 9.17) is 0 Å². The number of carbonyl (C=O) groups is 2. The molecule has 0 radical (unpaired) electrons. The first kappa shape index (κ1) is 26.6. The summed E-state index contributed by atoms with van der Waals surface area (Å²) in [5, 5.41) is 11.0. The molecule has 37 heavy (non-hydrogen) atoms. The third-order valence-corrected chi connectivity index (χ3v) is 11.1. The summed E-state index contributed by atoms with van der Waals surface area (Å²) in [6.07, 6.45) is 4.77. The van der Waals surface area contributed by atoms with Gasteiger partial charge in [0.1, 0.15) is 5.54 Å². The summed E-state index contributed by atoms with van der Waals surface area (Å²) >= 11 is 0. The van der Waals surface area contributed by atoms with Gasteiger partial charge in [0.2, 0.25) is 0 Å². The number of aliphatic hydroxyl groups is 1. The Bertz CT molecular complexity index is 1110. The predicted octanol–water partition coefficient (Wildman–Crippen LogP) is 1.67. The van der Waals surface area contributed by atoms with Crippen molar-refractivity contribution in [2.24, 2.45) is 0 Å². The Morgan fingerprint density at radius 2 is 1.54 bits per heavy atom. The Hall–Kier alpha value is -2.01. The van der Waals surface area contributed by atoms with Crippen molar-refractivity contribution in [3.8, 4) is 0 Å². The molecule has 4 fully saturated rings. The van der Waals surface area contributed by atoms with Crippen LogP contribution < -0.4 is 0 Å². The molecule has 10 heteroatoms. The summed E-state index contributed by atoms with van der Waals surface area (Å²) in [6, 6.07) is 10.1. The number of urea groups is 1. The number of nitrogens with zero attached hydrogens (tertiary/aromatic N) is 4. The van der Waals surface area contributed by atoms with E-state index in [0.29, 0.717) is 45.3 Å². The van der Waals surface area contributed by atoms with E-state index in [2.05, 4.69) is 31.1 Å². The fourth-order valence-electron chi connectivity index (χ4n) is 6.75. The average molecular weight is 533 g/mol. The Morgan fingerprint density at radius 3 is 2.08 bits per heavy atom. The van der Waals surface area contributed by atoms with Crippen LogP contribution in [0.25, 0.3) is 0 Å². The molecule has 1 N–H and O–H groups in total. The van der Waals surface area contributed by atoms with Gasteiger partial charge in [-0.25, -0.2) is 13.2 Å². The van der Waals surface area contributed by atoms with Crippen molar-refractivity contribution in [1.82, 2.24) is 19.6 Å². The number of amides is 3. The molecule has 0 bridgehead atoms. The van der Waals surface area contributed by atoms with Crippen LogP contribution in [0.1, 0.15) is 50.5 Å². The molecule has 4 aliphatic rings. The van der Waals surface area contributed by atoms with Crippen LogP contribution in [0.15, 0.2) is 30.3 Å². The van der Waals surface area contributed by atoms with Crippen LogP contribution in [0, 0.1) is 0 Å². The molecule has 2 heterocycles. The van der Waals surface area contributed by atoms with Crippen LogP contribution in [-0.4, -0.2) is 115 Å². The lowest BCUT2D eigenvalue weighted by atomic mass is 9.67. The number of hydrogen-bond donors (Lipinski definition) is 1. The number of imide groups is 1. The highest BCUT2D eigenvalue weighted by atomic mass is 32.2. The van der Waals surface area contributed by atoms with Crippen molar-refractivity contribution < 1.29 is 23.1 Å². The van der Waals surface area contributed by atoms with E-state index in [1.807, 2.05) is 23.1 Å². The average Bonchev–Trinajstić information content (AvgIpc) is 3.04. The van der Waals surface area contributed by atoms with Gasteiger partial charge in [0.25, 0.3) is 5.91 Å². The molecule has 0 unspecified atom stereocenters. The van der Waals surface area contributed by atoms with E-state index in [0.717, 1.165) is 19.3 Å². The molecule has 1 aromatic carbocycles. The van der Waals surface area contributed by atoms with Gasteiger partial charge in [-0.2, -0.15) is 0 Å². The molecule has 204 valence electrons. The second-order valence-corrected chi connectivity index (χ2v) is 14.0. The lowest BCUT2D eigenvalue weighted by Gasteiger charge is -2.51. The zero-order valence-corrected chi connectivity index (χ0v) is 22.9. The van der Waals surface area contributed by atoms with Gasteiger partial charge < -0.3 is 10.0 Å². The van der Waals surface area contributed by atoms with Gasteiger partial charge in [0, 0.05) is 31.7 Å². The first-order chi connectivity index (χ1) is 17.5. The van der Waals surface area contributed by atoms with Crippen molar-refractivity contribution in [2.45, 2.75) is 61.6 Å². The third-order valence-electron chi connectivity index (χ3n) is 9.51. The van der Waals surface area contributed by atoms with Crippen LogP contribution in [0.2, 0.25) is 0 Å². The topological polar surface area (TPSA) is 101 Å². The largest absolute Gasteiger partial charge is 0.388 e. The van der Waals surface area contributed by atoms with E-state index in [1.165, 1.54) is 10.5 Å². The maximum Gasteiger partial charge on any atom is 0.327 e. The normalized spacial score (nSPS) is 31.8. The monoisotopic (exact) mass is 532 g/mol. The van der Waals surface area contributed by atoms with Crippen LogP contribution in [0.4, 0.5) is 4.79 Å². The summed E-state index contributed by atoms with van der Waals surface area (Å²) in [5.41, 5.74) is -0.869. The van der Waals surface area contributed by atoms with Crippen molar-refractivity contribution in [3.05, 3.63) is 35.9 Å². The van der Waals surface area contributed by atoms with Crippen LogP contribution in [0.3, 0.4) is 0 Å². The Labute approximate surface area is 220 Å². The molecule has 2 aliphatic carbocycles. The van der Waals surface area contributed by atoms with E-state index in [1.54, 1.807) is 4.90 Å². The van der Waals surface area contributed by atoms with Crippen molar-refractivity contribution in [1.29, 1.82) is 0 Å². The van der Waals surface area contributed by atoms with Crippen LogP contribution in [0.5, 0.6) is 0 Å². The summed E-state index contributed by atoms with van der Waals surface area (Å²) in [6.45, 7) is 1.75. The highest BCUT2D eigenvalue weighted by Gasteiger charge is 2.61. The van der Waals surface area contributed by atoms with Crippen molar-refractivity contribution >= 4 is 21.8 Å². The maximum absolute atomic E-state index is 14.0. The number of rotatable bonds is 7. The SMILES string of the molecule is CN(C)C1(c2ccccc2)CCC2(CC1)C(=O)N(CCN1CCS(=O)(=O)CC1)C(=O)N2CC1(O)CCC1. The van der Waals surface area contributed by atoms with Gasteiger partial charge >= 0.3 is 6.03 Å². The summed E-state index contributed by atoms with van der Waals surface area (Å²) in [7, 11) is 1.16. The minimum atomic E-state index is -2.99. The second kappa shape index (κ2) is 9.63. The number of benzene rings is 1. The lowest BCUT2D eigenvalue weighted by molar-refractivity contribution is -0.139. The summed E-state index contributed by atoms with van der Waals surface area (Å²) in [5.74, 6) is 0.0687. The molecule has 2 aliphatic heterocycles. The fraction of sp³-hybridized carbons (Fsp3) is 0.704. The Kier molecular flexibility index (Phi) is 6.92. The molecule has 1 aromatic rings. The van der Waals surface area contributed by atoms with Gasteiger partial charge in [-0.15, -0.1) is 0 Å². The summed E-state index contributed by atoms with van der Waals surface area (Å²) < 4.78 is 23.6. The molecule has 0 atom stereocenters. The number of sulfone groups is 1. The molecular weight excluding hydrogens is 492 g/mol. The Balaban J connectivity index is 1.37. The van der Waals surface area contributed by atoms with E-state index < -0.39 is 21.0 Å². The molecule has 2 saturated carbocycles. The summed E-state index contributed by atoms with van der Waals surface area (Å²) in [4.78, 5) is 35.1. The quantitative estimate of drug-likeness (QED) is 0.533. The van der Waals surface area contributed by atoms with E-state index in [9.17, 15) is 23.1 Å². The van der Waals surface area contributed by atoms with E-state index in [-0.39, 0.29) is 42.1 Å². The minimum Gasteiger partial charge on any atom is -0.388 e. The smallest absolute Gasteiger partial charge is 0.327 e. The molecule has 2 saturated heterocycles. The van der Waals surface area contributed by atoms with E-state index >= 15 is 0 Å². The highest BCUT2D eigenvalue weighted by Crippen LogP contribution is 2.50. The first-order valence-electron chi connectivity index (χ1n) is 13.5. The molecule has 9 nitrogen and oxygen atoms in total. The van der Waals surface area contributed by atoms with Gasteiger partial charge in [-0.3, -0.25) is 19.5 Å². The maximum atomic E-state index is 14.0. The predicted molar refractivity (Wildman–Crippen MR) is 141 cm³/mol. The van der Waals surface area contributed by atoms with Gasteiger partial charge in [-0.05, 0) is 64.6 Å². The van der Waals surface area contributed by atoms with Gasteiger partial charge in [-0.1, -0.05) is 30.3 Å². The number of β-amino-alcohol motifs (C(OH)–C–C–N with tert-alkyl or cyclic N) is 1. The van der Waals surface area contributed by atoms with Crippen LogP contribution >= 0.6 is 0 Å². The fourth-order valence-corrected chi connectivity index (χ4v) is 8.03. The zero-order valence-electron chi connectivity index (χ0n) is 22.1. The van der Waals surface area contributed by atoms with Crippen molar-refractivity contribution in [2.75, 3.05) is 58.3 Å². The second-order valence-electron chi connectivity index (χ2n) is 11.7. The molecule has 5 rings (SSSR count). The highest BCUT2D eigenvalue weighted by molar-refractivity contribution is 7.91. The first-order valence-corrected chi connectivity index (χ1v) is 15.3. The Morgan fingerprint density at radius 1 is 0.919 bits per heavy atom. The molecule has 0 aromatic heterocycles. The molecule has 1 spiro atoms. The minimum absolute atomic E-state index is 0.115. The van der Waals surface area contributed by atoms with Gasteiger partial charge in [0.15, 0.2) is 9.84 Å². The number of hydrogen-bond acceptors (Lipinski definition) is 7. The van der Waals surface area contributed by atoms with Crippen molar-refractivity contribution in [3.63, 3.8) is 0 Å². The molecule has 3 amide bonds.